The highest BCUT2D eigenvalue weighted by Crippen LogP contribution is 2.23. The van der Waals surface area contributed by atoms with Gasteiger partial charge < -0.3 is 10.6 Å². The predicted molar refractivity (Wildman–Crippen MR) is 86.8 cm³/mol. The second-order valence-electron chi connectivity index (χ2n) is 5.07. The molecule has 0 aliphatic heterocycles. The molecule has 23 heavy (non-hydrogen) atoms. The fourth-order valence-corrected chi connectivity index (χ4v) is 2.84. The monoisotopic (exact) mass is 331 g/mol. The first kappa shape index (κ1) is 15.4. The lowest BCUT2D eigenvalue weighted by atomic mass is 10.3. The lowest BCUT2D eigenvalue weighted by Crippen LogP contribution is -2.26. The van der Waals surface area contributed by atoms with Gasteiger partial charge in [0.05, 0.1) is 29.9 Å². The van der Waals surface area contributed by atoms with Crippen LogP contribution >= 0.6 is 11.3 Å². The highest BCUT2D eigenvalue weighted by molar-refractivity contribution is 7.13. The molecule has 0 radical (unpaired) electrons. The number of nitrogens with one attached hydrogen (secondary N) is 1. The molecule has 0 saturated heterocycles. The van der Waals surface area contributed by atoms with Crippen molar-refractivity contribution >= 4 is 17.2 Å². The number of amides is 1. The number of rotatable bonds is 6. The largest absolute Gasteiger partial charge is 0.334 e. The zero-order valence-corrected chi connectivity index (χ0v) is 13.5. The molecule has 0 unspecified atom stereocenters. The van der Waals surface area contributed by atoms with Crippen LogP contribution < -0.4 is 5.73 Å². The molecule has 120 valence electrons. The SMILES string of the molecule is CN(Cc1cc(-c2cccs2)n[nH]1)C(=O)c1cn(CCN)nn1. The van der Waals surface area contributed by atoms with Gasteiger partial charge in [0.2, 0.25) is 0 Å². The zero-order chi connectivity index (χ0) is 16.2. The summed E-state index contributed by atoms with van der Waals surface area (Å²) in [4.78, 5) is 15.0. The van der Waals surface area contributed by atoms with Crippen LogP contribution in [0, 0.1) is 0 Å². The third-order valence-corrected chi connectivity index (χ3v) is 4.17. The second-order valence-corrected chi connectivity index (χ2v) is 6.02. The van der Waals surface area contributed by atoms with Gasteiger partial charge in [0, 0.05) is 13.6 Å². The van der Waals surface area contributed by atoms with Crippen LogP contribution in [-0.2, 0) is 13.1 Å². The summed E-state index contributed by atoms with van der Waals surface area (Å²) in [6, 6.07) is 5.94. The molecule has 3 heterocycles. The highest BCUT2D eigenvalue weighted by Gasteiger charge is 2.17. The molecule has 3 aromatic heterocycles. The Kier molecular flexibility index (Phi) is 4.49. The molecule has 0 aliphatic carbocycles. The minimum atomic E-state index is -0.194. The summed E-state index contributed by atoms with van der Waals surface area (Å²) in [6.07, 6.45) is 1.61. The smallest absolute Gasteiger partial charge is 0.276 e. The minimum absolute atomic E-state index is 0.194. The van der Waals surface area contributed by atoms with E-state index >= 15 is 0 Å². The third-order valence-electron chi connectivity index (χ3n) is 3.27. The number of hydrogen-bond donors (Lipinski definition) is 2. The van der Waals surface area contributed by atoms with E-state index in [2.05, 4.69) is 20.5 Å². The van der Waals surface area contributed by atoms with Gasteiger partial charge >= 0.3 is 0 Å². The minimum Gasteiger partial charge on any atom is -0.334 e. The van der Waals surface area contributed by atoms with Gasteiger partial charge in [-0.1, -0.05) is 11.3 Å². The predicted octanol–water partition coefficient (Wildman–Crippen LogP) is 0.961. The van der Waals surface area contributed by atoms with Gasteiger partial charge in [-0.2, -0.15) is 5.10 Å². The Morgan fingerprint density at radius 3 is 3.13 bits per heavy atom. The zero-order valence-electron chi connectivity index (χ0n) is 12.6. The van der Waals surface area contributed by atoms with Crippen LogP contribution in [0.25, 0.3) is 10.6 Å². The number of carbonyl (C=O) groups excluding carboxylic acids is 1. The average Bonchev–Trinajstić information content (AvgIpc) is 3.27. The molecule has 8 nitrogen and oxygen atoms in total. The standard InChI is InChI=1S/C14H17N7OS/c1-20(14(22)12-9-21(5-4-15)19-18-12)8-10-7-11(17-16-10)13-3-2-6-23-13/h2-3,6-7,9H,4-5,8,15H2,1H3,(H,16,17). The van der Waals surface area contributed by atoms with Crippen LogP contribution in [0.5, 0.6) is 0 Å². The quantitative estimate of drug-likeness (QED) is 0.700. The van der Waals surface area contributed by atoms with E-state index in [-0.39, 0.29) is 5.91 Å². The van der Waals surface area contributed by atoms with Crippen molar-refractivity contribution in [3.05, 3.63) is 41.2 Å². The van der Waals surface area contributed by atoms with E-state index < -0.39 is 0 Å². The summed E-state index contributed by atoms with van der Waals surface area (Å²) in [6.45, 7) is 1.40. The van der Waals surface area contributed by atoms with Crippen molar-refractivity contribution in [1.82, 2.24) is 30.1 Å². The average molecular weight is 331 g/mol. The summed E-state index contributed by atoms with van der Waals surface area (Å²) in [5.74, 6) is -0.194. The molecule has 3 aromatic rings. The summed E-state index contributed by atoms with van der Waals surface area (Å²) >= 11 is 1.62. The van der Waals surface area contributed by atoms with Crippen molar-refractivity contribution in [3.63, 3.8) is 0 Å². The Morgan fingerprint density at radius 1 is 1.52 bits per heavy atom. The Hall–Kier alpha value is -2.52. The molecule has 0 saturated carbocycles. The molecular formula is C14H17N7OS. The van der Waals surface area contributed by atoms with Crippen LogP contribution in [0.15, 0.2) is 29.8 Å². The summed E-state index contributed by atoms with van der Waals surface area (Å²) < 4.78 is 1.56. The molecule has 0 atom stereocenters. The van der Waals surface area contributed by atoms with Crippen LogP contribution in [0.3, 0.4) is 0 Å². The molecule has 0 aliphatic rings. The van der Waals surface area contributed by atoms with Crippen LogP contribution in [-0.4, -0.2) is 49.6 Å². The maximum Gasteiger partial charge on any atom is 0.276 e. The van der Waals surface area contributed by atoms with Crippen molar-refractivity contribution in [3.8, 4) is 10.6 Å². The van der Waals surface area contributed by atoms with Crippen LogP contribution in [0.1, 0.15) is 16.2 Å². The van der Waals surface area contributed by atoms with E-state index in [9.17, 15) is 4.79 Å². The van der Waals surface area contributed by atoms with Gasteiger partial charge in [0.15, 0.2) is 5.69 Å². The van der Waals surface area contributed by atoms with Gasteiger partial charge in [-0.3, -0.25) is 14.6 Å². The second kappa shape index (κ2) is 6.71. The first-order valence-corrected chi connectivity index (χ1v) is 7.99. The van der Waals surface area contributed by atoms with E-state index in [0.717, 1.165) is 16.3 Å². The molecule has 0 bridgehead atoms. The number of nitrogens with two attached hydrogens (primary N) is 1. The van der Waals surface area contributed by atoms with Crippen molar-refractivity contribution in [2.24, 2.45) is 5.73 Å². The number of nitrogens with zero attached hydrogens (tertiary/aromatic N) is 5. The molecule has 9 heteroatoms. The van der Waals surface area contributed by atoms with Gasteiger partial charge in [-0.05, 0) is 17.5 Å². The number of aromatic amines is 1. The number of carbonyl (C=O) groups is 1. The Labute approximate surface area is 136 Å². The summed E-state index contributed by atoms with van der Waals surface area (Å²) in [5.41, 5.74) is 7.50. The van der Waals surface area contributed by atoms with E-state index in [1.807, 2.05) is 23.6 Å². The normalized spacial score (nSPS) is 10.9. The maximum atomic E-state index is 12.3. The Bertz CT molecular complexity index is 777. The fourth-order valence-electron chi connectivity index (χ4n) is 2.15. The highest BCUT2D eigenvalue weighted by atomic mass is 32.1. The van der Waals surface area contributed by atoms with Crippen LogP contribution in [0.2, 0.25) is 0 Å². The molecule has 0 spiro atoms. The van der Waals surface area contributed by atoms with Crippen molar-refractivity contribution in [1.29, 1.82) is 0 Å². The van der Waals surface area contributed by atoms with E-state index in [1.54, 1.807) is 34.2 Å². The van der Waals surface area contributed by atoms with E-state index in [1.165, 1.54) is 0 Å². The molecule has 0 aromatic carbocycles. The summed E-state index contributed by atoms with van der Waals surface area (Å²) in [7, 11) is 1.72. The number of H-pyrrole nitrogens is 1. The van der Waals surface area contributed by atoms with Gasteiger partial charge in [0.1, 0.15) is 5.69 Å². The lowest BCUT2D eigenvalue weighted by molar-refractivity contribution is 0.0777. The van der Waals surface area contributed by atoms with Crippen LogP contribution in [0.4, 0.5) is 0 Å². The van der Waals surface area contributed by atoms with E-state index in [0.29, 0.717) is 25.3 Å². The van der Waals surface area contributed by atoms with Gasteiger partial charge in [-0.25, -0.2) is 0 Å². The van der Waals surface area contributed by atoms with Crippen molar-refractivity contribution < 1.29 is 4.79 Å². The molecular weight excluding hydrogens is 314 g/mol. The molecule has 0 fully saturated rings. The maximum absolute atomic E-state index is 12.3. The van der Waals surface area contributed by atoms with Gasteiger partial charge in [0.25, 0.3) is 5.91 Å². The number of hydrogen-bond acceptors (Lipinski definition) is 6. The third kappa shape index (κ3) is 3.46. The Morgan fingerprint density at radius 2 is 2.39 bits per heavy atom. The van der Waals surface area contributed by atoms with Gasteiger partial charge in [-0.15, -0.1) is 16.4 Å². The molecule has 3 rings (SSSR count). The Balaban J connectivity index is 1.66. The number of thiophene rings is 1. The molecule has 3 N–H and O–H groups in total. The first-order chi connectivity index (χ1) is 11.2. The van der Waals surface area contributed by atoms with Crippen molar-refractivity contribution in [2.45, 2.75) is 13.1 Å². The van der Waals surface area contributed by atoms with E-state index in [4.69, 9.17) is 5.73 Å². The summed E-state index contributed by atoms with van der Waals surface area (Å²) in [5, 5.41) is 17.0. The fraction of sp³-hybridized carbons (Fsp3) is 0.286. The topological polar surface area (TPSA) is 106 Å². The van der Waals surface area contributed by atoms with Crippen molar-refractivity contribution in [2.75, 3.05) is 13.6 Å². The molecule has 1 amide bonds. The lowest BCUT2D eigenvalue weighted by Gasteiger charge is -2.13. The first-order valence-electron chi connectivity index (χ1n) is 7.11. The number of aromatic nitrogens is 5.